The summed E-state index contributed by atoms with van der Waals surface area (Å²) in [6.45, 7) is 1.79. The van der Waals surface area contributed by atoms with E-state index in [2.05, 4.69) is 15.5 Å². The third kappa shape index (κ3) is 3.43. The number of nitrogen functional groups attached to an aromatic ring is 1. The largest absolute Gasteiger partial charge is 0.399 e. The highest BCUT2D eigenvalue weighted by atomic mass is 35.5. The predicted molar refractivity (Wildman–Crippen MR) is 80.8 cm³/mol. The Morgan fingerprint density at radius 3 is 2.90 bits per heavy atom. The smallest absolute Gasteiger partial charge is 0.237 e. The Morgan fingerprint density at radius 1 is 1.55 bits per heavy atom. The molecule has 2 rings (SSSR count). The lowest BCUT2D eigenvalue weighted by molar-refractivity contribution is -0.115. The molecule has 0 spiro atoms. The Hall–Kier alpha value is -1.73. The van der Waals surface area contributed by atoms with Crippen LogP contribution in [0, 0.1) is 0 Å². The van der Waals surface area contributed by atoms with Crippen molar-refractivity contribution in [3.63, 3.8) is 0 Å². The van der Waals surface area contributed by atoms with Crippen molar-refractivity contribution in [1.82, 2.24) is 14.8 Å². The first-order valence-electron chi connectivity index (χ1n) is 5.84. The molecule has 3 N–H and O–H groups in total. The van der Waals surface area contributed by atoms with E-state index in [1.807, 2.05) is 7.05 Å². The first-order valence-corrected chi connectivity index (χ1v) is 7.09. The number of nitrogens with two attached hydrogens (primary N) is 1. The SMILES string of the molecule is CC(Sc1nncn1C)C(=O)Nc1ccc(N)cc1Cl. The third-order valence-electron chi connectivity index (χ3n) is 2.57. The van der Waals surface area contributed by atoms with E-state index in [1.165, 1.54) is 11.8 Å². The van der Waals surface area contributed by atoms with Crippen LogP contribution < -0.4 is 11.1 Å². The fourth-order valence-corrected chi connectivity index (χ4v) is 2.48. The monoisotopic (exact) mass is 311 g/mol. The fraction of sp³-hybridized carbons (Fsp3) is 0.250. The van der Waals surface area contributed by atoms with Crippen molar-refractivity contribution < 1.29 is 4.79 Å². The Bertz CT molecular complexity index is 630. The summed E-state index contributed by atoms with van der Waals surface area (Å²) in [7, 11) is 1.82. The zero-order valence-electron chi connectivity index (χ0n) is 11.0. The van der Waals surface area contributed by atoms with Gasteiger partial charge < -0.3 is 15.6 Å². The Balaban J connectivity index is 2.02. The average molecular weight is 312 g/mol. The molecule has 20 heavy (non-hydrogen) atoms. The van der Waals surface area contributed by atoms with E-state index in [4.69, 9.17) is 17.3 Å². The number of rotatable bonds is 4. The van der Waals surface area contributed by atoms with Crippen molar-refractivity contribution in [3.8, 4) is 0 Å². The molecule has 1 aromatic heterocycles. The quantitative estimate of drug-likeness (QED) is 0.667. The van der Waals surface area contributed by atoms with Crippen LogP contribution in [0.25, 0.3) is 0 Å². The summed E-state index contributed by atoms with van der Waals surface area (Å²) >= 11 is 7.34. The number of hydrogen-bond acceptors (Lipinski definition) is 5. The van der Waals surface area contributed by atoms with E-state index >= 15 is 0 Å². The summed E-state index contributed by atoms with van der Waals surface area (Å²) < 4.78 is 1.75. The first-order chi connectivity index (χ1) is 9.47. The number of aromatic nitrogens is 3. The molecule has 8 heteroatoms. The lowest BCUT2D eigenvalue weighted by Gasteiger charge is -2.12. The molecular formula is C12H14ClN5OS. The molecule has 1 aromatic carbocycles. The average Bonchev–Trinajstić information content (AvgIpc) is 2.78. The molecule has 0 aliphatic rings. The van der Waals surface area contributed by atoms with Gasteiger partial charge in [0.25, 0.3) is 0 Å². The van der Waals surface area contributed by atoms with Crippen LogP contribution in [0.3, 0.4) is 0 Å². The molecule has 106 valence electrons. The van der Waals surface area contributed by atoms with Gasteiger partial charge >= 0.3 is 0 Å². The Labute approximate surface area is 125 Å². The van der Waals surface area contributed by atoms with E-state index in [0.29, 0.717) is 21.6 Å². The Morgan fingerprint density at radius 2 is 2.30 bits per heavy atom. The van der Waals surface area contributed by atoms with Gasteiger partial charge in [-0.25, -0.2) is 0 Å². The Kier molecular flexibility index (Phi) is 4.51. The third-order valence-corrected chi connectivity index (χ3v) is 4.03. The van der Waals surface area contributed by atoms with Gasteiger partial charge in [-0.1, -0.05) is 23.4 Å². The number of carbonyl (C=O) groups is 1. The van der Waals surface area contributed by atoms with Crippen molar-refractivity contribution in [1.29, 1.82) is 0 Å². The second kappa shape index (κ2) is 6.15. The van der Waals surface area contributed by atoms with Gasteiger partial charge in [0.15, 0.2) is 5.16 Å². The standard InChI is InChI=1S/C12H14ClN5OS/c1-7(20-12-17-15-6-18(12)2)11(19)16-10-4-3-8(14)5-9(10)13/h3-7H,14H2,1-2H3,(H,16,19). The molecule has 1 amide bonds. The second-order valence-corrected chi connectivity index (χ2v) is 5.93. The molecule has 0 saturated carbocycles. The highest BCUT2D eigenvalue weighted by molar-refractivity contribution is 8.00. The molecule has 1 atom stereocenters. The minimum atomic E-state index is -0.327. The van der Waals surface area contributed by atoms with Gasteiger partial charge in [-0.05, 0) is 25.1 Å². The van der Waals surface area contributed by atoms with Crippen LogP contribution in [0.2, 0.25) is 5.02 Å². The maximum atomic E-state index is 12.1. The van der Waals surface area contributed by atoms with Gasteiger partial charge in [0.1, 0.15) is 6.33 Å². The molecular weight excluding hydrogens is 298 g/mol. The molecule has 0 saturated heterocycles. The lowest BCUT2D eigenvalue weighted by Crippen LogP contribution is -2.23. The van der Waals surface area contributed by atoms with Crippen LogP contribution in [0.15, 0.2) is 29.7 Å². The normalized spacial score (nSPS) is 12.2. The van der Waals surface area contributed by atoms with Crippen molar-refractivity contribution >= 4 is 40.6 Å². The summed E-state index contributed by atoms with van der Waals surface area (Å²) in [6, 6.07) is 4.95. The van der Waals surface area contributed by atoms with Crippen molar-refractivity contribution in [2.75, 3.05) is 11.1 Å². The molecule has 1 heterocycles. The molecule has 0 aliphatic heterocycles. The summed E-state index contributed by atoms with van der Waals surface area (Å²) in [5, 5.41) is 11.2. The van der Waals surface area contributed by atoms with E-state index in [0.717, 1.165) is 0 Å². The number of benzene rings is 1. The van der Waals surface area contributed by atoms with Crippen LogP contribution in [0.4, 0.5) is 11.4 Å². The molecule has 2 aromatic rings. The highest BCUT2D eigenvalue weighted by Gasteiger charge is 2.18. The van der Waals surface area contributed by atoms with Crippen LogP contribution >= 0.6 is 23.4 Å². The molecule has 0 fully saturated rings. The van der Waals surface area contributed by atoms with E-state index in [-0.39, 0.29) is 11.2 Å². The van der Waals surface area contributed by atoms with Crippen LogP contribution in [0.1, 0.15) is 6.92 Å². The minimum absolute atomic E-state index is 0.162. The number of aryl methyl sites for hydroxylation is 1. The van der Waals surface area contributed by atoms with Gasteiger partial charge in [-0.3, -0.25) is 4.79 Å². The van der Waals surface area contributed by atoms with Gasteiger partial charge in [0.05, 0.1) is 16.0 Å². The summed E-state index contributed by atoms with van der Waals surface area (Å²) in [5.41, 5.74) is 6.69. The summed E-state index contributed by atoms with van der Waals surface area (Å²) in [4.78, 5) is 12.1. The van der Waals surface area contributed by atoms with Crippen molar-refractivity contribution in [2.24, 2.45) is 7.05 Å². The van der Waals surface area contributed by atoms with Crippen LogP contribution in [-0.4, -0.2) is 25.9 Å². The van der Waals surface area contributed by atoms with Crippen molar-refractivity contribution in [2.45, 2.75) is 17.3 Å². The topological polar surface area (TPSA) is 85.8 Å². The molecule has 6 nitrogen and oxygen atoms in total. The van der Waals surface area contributed by atoms with Gasteiger partial charge in [-0.2, -0.15) is 0 Å². The lowest BCUT2D eigenvalue weighted by atomic mass is 10.2. The first kappa shape index (κ1) is 14.7. The van der Waals surface area contributed by atoms with Crippen LogP contribution in [0.5, 0.6) is 0 Å². The summed E-state index contributed by atoms with van der Waals surface area (Å²) in [5.74, 6) is -0.162. The van der Waals surface area contributed by atoms with E-state index < -0.39 is 0 Å². The number of amides is 1. The zero-order chi connectivity index (χ0) is 14.7. The molecule has 1 unspecified atom stereocenters. The molecule has 0 radical (unpaired) electrons. The van der Waals surface area contributed by atoms with Crippen molar-refractivity contribution in [3.05, 3.63) is 29.5 Å². The summed E-state index contributed by atoms with van der Waals surface area (Å²) in [6.07, 6.45) is 1.59. The van der Waals surface area contributed by atoms with E-state index in [1.54, 1.807) is 36.0 Å². The number of halogens is 1. The number of thioether (sulfide) groups is 1. The van der Waals surface area contributed by atoms with E-state index in [9.17, 15) is 4.79 Å². The number of hydrogen-bond donors (Lipinski definition) is 2. The molecule has 0 bridgehead atoms. The predicted octanol–water partition coefficient (Wildman–Crippen LogP) is 2.17. The number of anilines is 2. The number of nitrogens with zero attached hydrogens (tertiary/aromatic N) is 3. The second-order valence-electron chi connectivity index (χ2n) is 4.21. The fourth-order valence-electron chi connectivity index (χ4n) is 1.46. The minimum Gasteiger partial charge on any atom is -0.399 e. The van der Waals surface area contributed by atoms with Gasteiger partial charge in [0.2, 0.25) is 5.91 Å². The van der Waals surface area contributed by atoms with Gasteiger partial charge in [0, 0.05) is 12.7 Å². The van der Waals surface area contributed by atoms with Crippen LogP contribution in [-0.2, 0) is 11.8 Å². The highest BCUT2D eigenvalue weighted by Crippen LogP contribution is 2.26. The molecule has 0 aliphatic carbocycles. The number of nitrogens with one attached hydrogen (secondary N) is 1. The van der Waals surface area contributed by atoms with Gasteiger partial charge in [-0.15, -0.1) is 10.2 Å². The maximum absolute atomic E-state index is 12.1. The number of carbonyl (C=O) groups excluding carboxylic acids is 1. The maximum Gasteiger partial charge on any atom is 0.237 e. The zero-order valence-corrected chi connectivity index (χ0v) is 12.6.